The van der Waals surface area contributed by atoms with Gasteiger partial charge in [0.2, 0.25) is 0 Å². The number of halogens is 1. The van der Waals surface area contributed by atoms with Crippen molar-refractivity contribution in [2.75, 3.05) is 11.4 Å². The summed E-state index contributed by atoms with van der Waals surface area (Å²) in [5, 5.41) is 0. The van der Waals surface area contributed by atoms with E-state index in [0.29, 0.717) is 6.04 Å². The Morgan fingerprint density at radius 1 is 1.37 bits per heavy atom. The summed E-state index contributed by atoms with van der Waals surface area (Å²) in [7, 11) is 0. The summed E-state index contributed by atoms with van der Waals surface area (Å²) in [6.07, 6.45) is 6.57. The number of nitrogens with zero attached hydrogens (tertiary/aromatic N) is 1. The fraction of sp³-hybridized carbons (Fsp3) is 0.625. The molecule has 1 aliphatic rings. The van der Waals surface area contributed by atoms with Crippen molar-refractivity contribution in [3.8, 4) is 0 Å². The van der Waals surface area contributed by atoms with E-state index in [0.717, 1.165) is 0 Å². The Balaban J connectivity index is 2.28. The molecule has 2 N–H and O–H groups in total. The van der Waals surface area contributed by atoms with Crippen molar-refractivity contribution in [1.82, 2.24) is 0 Å². The van der Waals surface area contributed by atoms with Crippen molar-refractivity contribution in [1.29, 1.82) is 0 Å². The van der Waals surface area contributed by atoms with E-state index in [1.54, 1.807) is 0 Å². The van der Waals surface area contributed by atoms with Gasteiger partial charge < -0.3 is 10.6 Å². The summed E-state index contributed by atoms with van der Waals surface area (Å²) in [6.45, 7) is 5.50. The molecule has 1 aliphatic heterocycles. The monoisotopic (exact) mass is 324 g/mol. The zero-order valence-electron chi connectivity index (χ0n) is 12.0. The van der Waals surface area contributed by atoms with Crippen LogP contribution in [-0.4, -0.2) is 12.6 Å². The molecule has 1 aromatic carbocycles. The first-order chi connectivity index (χ1) is 9.13. The van der Waals surface area contributed by atoms with Crippen molar-refractivity contribution >= 4 is 21.6 Å². The molecule has 0 aromatic heterocycles. The Morgan fingerprint density at radius 2 is 2.16 bits per heavy atom. The third-order valence-electron chi connectivity index (χ3n) is 4.16. The molecule has 2 rings (SSSR count). The lowest BCUT2D eigenvalue weighted by molar-refractivity contribution is 0.555. The van der Waals surface area contributed by atoms with Gasteiger partial charge in [-0.05, 0) is 59.8 Å². The summed E-state index contributed by atoms with van der Waals surface area (Å²) in [5.74, 6) is 0. The van der Waals surface area contributed by atoms with Gasteiger partial charge in [-0.25, -0.2) is 0 Å². The molecule has 2 atom stereocenters. The molecule has 1 fully saturated rings. The molecule has 2 unspecified atom stereocenters. The van der Waals surface area contributed by atoms with Gasteiger partial charge in [0.1, 0.15) is 0 Å². The molecule has 1 aromatic rings. The zero-order valence-corrected chi connectivity index (χ0v) is 13.6. The van der Waals surface area contributed by atoms with Crippen LogP contribution in [0.2, 0.25) is 0 Å². The second-order valence-electron chi connectivity index (χ2n) is 5.60. The van der Waals surface area contributed by atoms with Crippen LogP contribution in [0.15, 0.2) is 22.7 Å². The third kappa shape index (κ3) is 3.51. The molecule has 2 nitrogen and oxygen atoms in total. The molecule has 19 heavy (non-hydrogen) atoms. The maximum Gasteiger partial charge on any atom is 0.0513 e. The van der Waals surface area contributed by atoms with Crippen molar-refractivity contribution in [3.05, 3.63) is 28.2 Å². The van der Waals surface area contributed by atoms with Crippen LogP contribution in [-0.2, 0) is 0 Å². The smallest absolute Gasteiger partial charge is 0.0513 e. The minimum absolute atomic E-state index is 0.0939. The SMILES string of the molecule is CCC1CCCCCN1c1ccc(C(C)N)cc1Br. The molecule has 3 heteroatoms. The van der Waals surface area contributed by atoms with Crippen molar-refractivity contribution < 1.29 is 0 Å². The van der Waals surface area contributed by atoms with Gasteiger partial charge in [0.15, 0.2) is 0 Å². The van der Waals surface area contributed by atoms with E-state index in [2.05, 4.69) is 46.0 Å². The first kappa shape index (κ1) is 14.9. The number of anilines is 1. The number of rotatable bonds is 3. The van der Waals surface area contributed by atoms with Gasteiger partial charge in [0.25, 0.3) is 0 Å². The second-order valence-corrected chi connectivity index (χ2v) is 6.46. The van der Waals surface area contributed by atoms with E-state index in [1.807, 2.05) is 6.92 Å². The van der Waals surface area contributed by atoms with Gasteiger partial charge in [-0.2, -0.15) is 0 Å². The highest BCUT2D eigenvalue weighted by atomic mass is 79.9. The van der Waals surface area contributed by atoms with Crippen LogP contribution in [0.1, 0.15) is 57.6 Å². The maximum absolute atomic E-state index is 5.96. The van der Waals surface area contributed by atoms with E-state index in [1.165, 1.54) is 54.4 Å². The fourth-order valence-electron chi connectivity index (χ4n) is 2.96. The van der Waals surface area contributed by atoms with Gasteiger partial charge in [0.05, 0.1) is 5.69 Å². The summed E-state index contributed by atoms with van der Waals surface area (Å²) in [4.78, 5) is 2.59. The largest absolute Gasteiger partial charge is 0.368 e. The van der Waals surface area contributed by atoms with Gasteiger partial charge in [-0.1, -0.05) is 25.8 Å². The first-order valence-corrected chi connectivity index (χ1v) is 8.24. The quantitative estimate of drug-likeness (QED) is 0.878. The average Bonchev–Trinajstić information content (AvgIpc) is 2.63. The van der Waals surface area contributed by atoms with E-state index in [4.69, 9.17) is 5.73 Å². The van der Waals surface area contributed by atoms with Crippen molar-refractivity contribution in [2.45, 2.75) is 58.0 Å². The summed E-state index contributed by atoms with van der Waals surface area (Å²) < 4.78 is 1.18. The van der Waals surface area contributed by atoms with Crippen LogP contribution in [0.4, 0.5) is 5.69 Å². The van der Waals surface area contributed by atoms with E-state index < -0.39 is 0 Å². The summed E-state index contributed by atoms with van der Waals surface area (Å²) in [5.41, 5.74) is 8.48. The second kappa shape index (κ2) is 6.76. The molecular formula is C16H25BrN2. The first-order valence-electron chi connectivity index (χ1n) is 7.45. The lowest BCUT2D eigenvalue weighted by Gasteiger charge is -2.32. The standard InChI is InChI=1S/C16H25BrN2/c1-3-14-7-5-4-6-10-19(14)16-9-8-13(12(2)18)11-15(16)17/h8-9,11-12,14H,3-7,10,18H2,1-2H3. The van der Waals surface area contributed by atoms with Gasteiger partial charge in [-0.3, -0.25) is 0 Å². The highest BCUT2D eigenvalue weighted by Crippen LogP contribution is 2.33. The Hall–Kier alpha value is -0.540. The number of nitrogens with two attached hydrogens (primary N) is 1. The topological polar surface area (TPSA) is 29.3 Å². The Kier molecular flexibility index (Phi) is 5.28. The van der Waals surface area contributed by atoms with Crippen LogP contribution < -0.4 is 10.6 Å². The molecule has 1 saturated heterocycles. The fourth-order valence-corrected chi connectivity index (χ4v) is 3.58. The predicted molar refractivity (Wildman–Crippen MR) is 86.6 cm³/mol. The van der Waals surface area contributed by atoms with Crippen molar-refractivity contribution in [3.63, 3.8) is 0 Å². The van der Waals surface area contributed by atoms with Crippen LogP contribution in [0.25, 0.3) is 0 Å². The van der Waals surface area contributed by atoms with Crippen LogP contribution in [0.3, 0.4) is 0 Å². The Morgan fingerprint density at radius 3 is 2.79 bits per heavy atom. The van der Waals surface area contributed by atoms with E-state index in [9.17, 15) is 0 Å². The number of hydrogen-bond acceptors (Lipinski definition) is 2. The molecule has 0 bridgehead atoms. The molecule has 1 heterocycles. The molecule has 106 valence electrons. The van der Waals surface area contributed by atoms with Crippen LogP contribution in [0, 0.1) is 0 Å². The molecule has 0 aliphatic carbocycles. The maximum atomic E-state index is 5.96. The lowest BCUT2D eigenvalue weighted by atomic mass is 10.1. The molecule has 0 saturated carbocycles. The van der Waals surface area contributed by atoms with E-state index in [-0.39, 0.29) is 6.04 Å². The highest BCUT2D eigenvalue weighted by Gasteiger charge is 2.21. The van der Waals surface area contributed by atoms with Crippen LogP contribution in [0.5, 0.6) is 0 Å². The minimum atomic E-state index is 0.0939. The zero-order chi connectivity index (χ0) is 13.8. The van der Waals surface area contributed by atoms with Gasteiger partial charge in [0, 0.05) is 23.1 Å². The molecule has 0 amide bonds. The minimum Gasteiger partial charge on any atom is -0.368 e. The van der Waals surface area contributed by atoms with E-state index >= 15 is 0 Å². The van der Waals surface area contributed by atoms with Gasteiger partial charge in [-0.15, -0.1) is 0 Å². The summed E-state index contributed by atoms with van der Waals surface area (Å²) >= 11 is 3.74. The predicted octanol–water partition coefficient (Wildman–Crippen LogP) is 4.63. The Bertz CT molecular complexity index is 417. The number of benzene rings is 1. The summed E-state index contributed by atoms with van der Waals surface area (Å²) in [6, 6.07) is 7.35. The van der Waals surface area contributed by atoms with Crippen molar-refractivity contribution in [2.24, 2.45) is 5.73 Å². The lowest BCUT2D eigenvalue weighted by Crippen LogP contribution is -2.34. The van der Waals surface area contributed by atoms with Gasteiger partial charge >= 0.3 is 0 Å². The Labute approximate surface area is 125 Å². The number of hydrogen-bond donors (Lipinski definition) is 1. The third-order valence-corrected chi connectivity index (χ3v) is 4.79. The normalized spacial score (nSPS) is 22.1. The van der Waals surface area contributed by atoms with Crippen LogP contribution >= 0.6 is 15.9 Å². The molecule has 0 radical (unpaired) electrons. The average molecular weight is 325 g/mol. The molecule has 0 spiro atoms. The highest BCUT2D eigenvalue weighted by molar-refractivity contribution is 9.10. The molecular weight excluding hydrogens is 300 g/mol.